The van der Waals surface area contributed by atoms with E-state index in [1.165, 1.54) is 5.56 Å². The summed E-state index contributed by atoms with van der Waals surface area (Å²) in [6, 6.07) is 21.3. The number of carbonyl (C=O) groups is 1. The number of fused-ring (bicyclic) bond motifs is 1. The minimum absolute atomic E-state index is 0.224. The summed E-state index contributed by atoms with van der Waals surface area (Å²) in [7, 11) is 1.71. The number of hydrogen-bond donors (Lipinski definition) is 1. The summed E-state index contributed by atoms with van der Waals surface area (Å²) in [6.45, 7) is 4.90. The van der Waals surface area contributed by atoms with Crippen molar-refractivity contribution in [3.8, 4) is 17.2 Å². The first-order valence-electron chi connectivity index (χ1n) is 11.6. The highest BCUT2D eigenvalue weighted by Crippen LogP contribution is 2.32. The summed E-state index contributed by atoms with van der Waals surface area (Å²) < 4.78 is 16.2. The van der Waals surface area contributed by atoms with Crippen LogP contribution in [0.3, 0.4) is 0 Å². The SMILES string of the molecule is COc1ccccc1N1CCN(Cc2ccc(C(=O)NN=Cc3ccc4c(c3)OCO4)cc2)CC1. The van der Waals surface area contributed by atoms with Gasteiger partial charge in [-0.3, -0.25) is 9.69 Å². The lowest BCUT2D eigenvalue weighted by Crippen LogP contribution is -2.46. The van der Waals surface area contributed by atoms with Crippen LogP contribution in [-0.2, 0) is 6.54 Å². The van der Waals surface area contributed by atoms with Gasteiger partial charge in [-0.2, -0.15) is 5.10 Å². The second kappa shape index (κ2) is 10.5. The van der Waals surface area contributed by atoms with Crippen LogP contribution >= 0.6 is 0 Å². The predicted octanol–water partition coefficient (Wildman–Crippen LogP) is 3.51. The number of anilines is 1. The van der Waals surface area contributed by atoms with Crippen LogP contribution in [0.4, 0.5) is 5.69 Å². The van der Waals surface area contributed by atoms with Gasteiger partial charge in [-0.15, -0.1) is 0 Å². The topological polar surface area (TPSA) is 75.6 Å². The van der Waals surface area contributed by atoms with E-state index in [2.05, 4.69) is 26.4 Å². The molecule has 8 heteroatoms. The molecule has 3 aromatic carbocycles. The quantitative estimate of drug-likeness (QED) is 0.419. The fourth-order valence-electron chi connectivity index (χ4n) is 4.28. The molecular weight excluding hydrogens is 444 g/mol. The third-order valence-corrected chi connectivity index (χ3v) is 6.20. The largest absolute Gasteiger partial charge is 0.495 e. The lowest BCUT2D eigenvalue weighted by Gasteiger charge is -2.36. The summed E-state index contributed by atoms with van der Waals surface area (Å²) in [4.78, 5) is 17.2. The molecule has 2 aliphatic rings. The molecule has 1 amide bonds. The molecule has 5 rings (SSSR count). The highest BCUT2D eigenvalue weighted by Gasteiger charge is 2.19. The molecule has 1 saturated heterocycles. The highest BCUT2D eigenvalue weighted by atomic mass is 16.7. The zero-order valence-electron chi connectivity index (χ0n) is 19.6. The van der Waals surface area contributed by atoms with E-state index >= 15 is 0 Å². The third kappa shape index (κ3) is 5.38. The first-order valence-corrected chi connectivity index (χ1v) is 11.6. The Bertz CT molecular complexity index is 1200. The van der Waals surface area contributed by atoms with Crippen molar-refractivity contribution in [3.63, 3.8) is 0 Å². The molecule has 8 nitrogen and oxygen atoms in total. The van der Waals surface area contributed by atoms with Crippen molar-refractivity contribution in [2.75, 3.05) is 45.0 Å². The number of amides is 1. The zero-order chi connectivity index (χ0) is 24.0. The van der Waals surface area contributed by atoms with Gasteiger partial charge in [0.05, 0.1) is 19.0 Å². The van der Waals surface area contributed by atoms with E-state index < -0.39 is 0 Å². The Labute approximate surface area is 204 Å². The number of para-hydroxylation sites is 2. The molecule has 2 aliphatic heterocycles. The minimum Gasteiger partial charge on any atom is -0.495 e. The van der Waals surface area contributed by atoms with E-state index in [9.17, 15) is 4.79 Å². The Kier molecular flexibility index (Phi) is 6.81. The van der Waals surface area contributed by atoms with Crippen molar-refractivity contribution >= 4 is 17.8 Å². The van der Waals surface area contributed by atoms with Crippen LogP contribution in [0.5, 0.6) is 17.2 Å². The van der Waals surface area contributed by atoms with Gasteiger partial charge in [0.15, 0.2) is 11.5 Å². The van der Waals surface area contributed by atoms with Crippen molar-refractivity contribution in [2.45, 2.75) is 6.54 Å². The van der Waals surface area contributed by atoms with Crippen LogP contribution in [0, 0.1) is 0 Å². The van der Waals surface area contributed by atoms with Crippen molar-refractivity contribution in [2.24, 2.45) is 5.10 Å². The Morgan fingerprint density at radius 1 is 1.00 bits per heavy atom. The molecule has 1 N–H and O–H groups in total. The molecule has 0 unspecified atom stereocenters. The monoisotopic (exact) mass is 472 g/mol. The van der Waals surface area contributed by atoms with Gasteiger partial charge >= 0.3 is 0 Å². The van der Waals surface area contributed by atoms with E-state index in [1.54, 1.807) is 13.3 Å². The molecule has 3 aromatic rings. The van der Waals surface area contributed by atoms with E-state index in [0.29, 0.717) is 17.1 Å². The van der Waals surface area contributed by atoms with Crippen molar-refractivity contribution in [3.05, 3.63) is 83.4 Å². The Hall–Kier alpha value is -4.04. The number of nitrogens with zero attached hydrogens (tertiary/aromatic N) is 3. The molecule has 2 heterocycles. The molecule has 0 atom stereocenters. The first kappa shape index (κ1) is 22.7. The van der Waals surface area contributed by atoms with Gasteiger partial charge in [-0.05, 0) is 53.6 Å². The molecule has 35 heavy (non-hydrogen) atoms. The number of hydrogen-bond acceptors (Lipinski definition) is 7. The van der Waals surface area contributed by atoms with Crippen molar-refractivity contribution in [1.82, 2.24) is 10.3 Å². The van der Waals surface area contributed by atoms with Crippen molar-refractivity contribution < 1.29 is 19.0 Å². The fourth-order valence-corrected chi connectivity index (χ4v) is 4.28. The number of nitrogens with one attached hydrogen (secondary N) is 1. The molecule has 0 saturated carbocycles. The summed E-state index contributed by atoms with van der Waals surface area (Å²) in [5.74, 6) is 2.05. The molecule has 0 radical (unpaired) electrons. The average molecular weight is 473 g/mol. The number of methoxy groups -OCH3 is 1. The number of ether oxygens (including phenoxy) is 3. The van der Waals surface area contributed by atoms with Crippen LogP contribution < -0.4 is 24.5 Å². The normalized spacial score (nSPS) is 15.4. The minimum atomic E-state index is -0.251. The third-order valence-electron chi connectivity index (χ3n) is 6.20. The lowest BCUT2D eigenvalue weighted by molar-refractivity contribution is 0.0955. The number of carbonyl (C=O) groups excluding carboxylic acids is 1. The Morgan fingerprint density at radius 2 is 1.77 bits per heavy atom. The predicted molar refractivity (Wildman–Crippen MR) is 135 cm³/mol. The van der Waals surface area contributed by atoms with Gasteiger partial charge in [-0.25, -0.2) is 5.43 Å². The summed E-state index contributed by atoms with van der Waals surface area (Å²) in [6.07, 6.45) is 1.58. The van der Waals surface area contributed by atoms with Crippen LogP contribution in [-0.4, -0.2) is 57.1 Å². The molecular formula is C27H28N4O4. The Balaban J connectivity index is 1.11. The van der Waals surface area contributed by atoms with Crippen LogP contribution in [0.25, 0.3) is 0 Å². The van der Waals surface area contributed by atoms with Crippen molar-refractivity contribution in [1.29, 1.82) is 0 Å². The molecule has 0 spiro atoms. The fraction of sp³-hybridized carbons (Fsp3) is 0.259. The summed E-state index contributed by atoms with van der Waals surface area (Å²) >= 11 is 0. The van der Waals surface area contributed by atoms with Gasteiger partial charge < -0.3 is 19.1 Å². The first-order chi connectivity index (χ1) is 17.2. The number of rotatable bonds is 7. The lowest BCUT2D eigenvalue weighted by atomic mass is 10.1. The molecule has 0 aromatic heterocycles. The van der Waals surface area contributed by atoms with E-state index in [1.807, 2.05) is 60.7 Å². The average Bonchev–Trinajstić information content (AvgIpc) is 3.37. The van der Waals surface area contributed by atoms with Crippen LogP contribution in [0.15, 0.2) is 71.8 Å². The number of benzene rings is 3. The van der Waals surface area contributed by atoms with Gasteiger partial charge in [0.25, 0.3) is 5.91 Å². The van der Waals surface area contributed by atoms with Gasteiger partial charge in [0.1, 0.15) is 5.75 Å². The smallest absolute Gasteiger partial charge is 0.271 e. The summed E-state index contributed by atoms with van der Waals surface area (Å²) in [5, 5.41) is 4.06. The molecule has 0 bridgehead atoms. The van der Waals surface area contributed by atoms with E-state index in [0.717, 1.165) is 49.7 Å². The maximum atomic E-state index is 12.5. The second-order valence-corrected chi connectivity index (χ2v) is 8.44. The second-order valence-electron chi connectivity index (χ2n) is 8.44. The molecule has 1 fully saturated rings. The maximum Gasteiger partial charge on any atom is 0.271 e. The van der Waals surface area contributed by atoms with E-state index in [-0.39, 0.29) is 12.7 Å². The Morgan fingerprint density at radius 3 is 2.57 bits per heavy atom. The van der Waals surface area contributed by atoms with Gasteiger partial charge in [-0.1, -0.05) is 24.3 Å². The highest BCUT2D eigenvalue weighted by molar-refractivity contribution is 5.95. The molecule has 0 aliphatic carbocycles. The number of piperazine rings is 1. The molecule has 180 valence electrons. The van der Waals surface area contributed by atoms with Crippen LogP contribution in [0.1, 0.15) is 21.5 Å². The van der Waals surface area contributed by atoms with Crippen LogP contribution in [0.2, 0.25) is 0 Å². The van der Waals surface area contributed by atoms with Gasteiger partial charge in [0, 0.05) is 38.3 Å². The van der Waals surface area contributed by atoms with E-state index in [4.69, 9.17) is 14.2 Å². The maximum absolute atomic E-state index is 12.5. The zero-order valence-corrected chi connectivity index (χ0v) is 19.6. The van der Waals surface area contributed by atoms with Gasteiger partial charge in [0.2, 0.25) is 6.79 Å². The summed E-state index contributed by atoms with van der Waals surface area (Å²) in [5.41, 5.74) is 6.28. The standard InChI is InChI=1S/C27H28N4O4/c1-33-24-5-3-2-4-23(24)31-14-12-30(13-15-31)18-20-6-9-22(10-7-20)27(32)29-28-17-21-8-11-25-26(16-21)35-19-34-25/h2-11,16-17H,12-15,18-19H2,1H3,(H,29,32). The number of hydrazone groups is 1.